The van der Waals surface area contributed by atoms with Crippen molar-refractivity contribution in [1.29, 1.82) is 0 Å². The molecular formula is C13H13Br2NO2. The van der Waals surface area contributed by atoms with Gasteiger partial charge in [0.2, 0.25) is 0 Å². The fourth-order valence-electron chi connectivity index (χ4n) is 1.88. The van der Waals surface area contributed by atoms with Crippen molar-refractivity contribution in [2.75, 3.05) is 11.9 Å². The number of hydrogen-bond acceptors (Lipinski definition) is 2. The Morgan fingerprint density at radius 1 is 1.17 bits per heavy atom. The van der Waals surface area contributed by atoms with Crippen molar-refractivity contribution >= 4 is 43.7 Å². The molecule has 1 aliphatic rings. The Morgan fingerprint density at radius 2 is 1.78 bits per heavy atom. The van der Waals surface area contributed by atoms with Gasteiger partial charge in [0.25, 0.3) is 11.8 Å². The quantitative estimate of drug-likeness (QED) is 0.600. The first kappa shape index (κ1) is 13.7. The molecule has 1 aromatic rings. The molecule has 0 radical (unpaired) electrons. The summed E-state index contributed by atoms with van der Waals surface area (Å²) in [5.41, 5.74) is 0.846. The van der Waals surface area contributed by atoms with Gasteiger partial charge >= 0.3 is 0 Å². The molecule has 0 aromatic heterocycles. The first-order chi connectivity index (χ1) is 8.35. The van der Waals surface area contributed by atoms with Crippen LogP contribution < -0.4 is 0 Å². The monoisotopic (exact) mass is 373 g/mol. The van der Waals surface area contributed by atoms with Gasteiger partial charge in [-0.1, -0.05) is 45.7 Å². The molecule has 96 valence electrons. The minimum Gasteiger partial charge on any atom is -0.274 e. The molecule has 2 rings (SSSR count). The summed E-state index contributed by atoms with van der Waals surface area (Å²) in [6.07, 6.45) is 0. The van der Waals surface area contributed by atoms with Gasteiger partial charge in [0.15, 0.2) is 0 Å². The Labute approximate surface area is 123 Å². The average molecular weight is 375 g/mol. The van der Waals surface area contributed by atoms with E-state index in [4.69, 9.17) is 0 Å². The summed E-state index contributed by atoms with van der Waals surface area (Å²) < 4.78 is 0.809. The van der Waals surface area contributed by atoms with E-state index >= 15 is 0 Å². The van der Waals surface area contributed by atoms with Crippen molar-refractivity contribution in [2.45, 2.75) is 13.8 Å². The lowest BCUT2D eigenvalue weighted by molar-refractivity contribution is 0.0603. The smallest absolute Gasteiger partial charge is 0.261 e. The third-order valence-electron chi connectivity index (χ3n) is 2.88. The summed E-state index contributed by atoms with van der Waals surface area (Å²) in [4.78, 5) is 25.7. The molecule has 1 heterocycles. The highest BCUT2D eigenvalue weighted by atomic mass is 79.9. The van der Waals surface area contributed by atoms with Crippen molar-refractivity contribution in [3.05, 3.63) is 33.8 Å². The van der Waals surface area contributed by atoms with Gasteiger partial charge in [-0.25, -0.2) is 0 Å². The lowest BCUT2D eigenvalue weighted by Gasteiger charge is -2.26. The molecule has 0 saturated carbocycles. The number of benzene rings is 1. The van der Waals surface area contributed by atoms with Crippen LogP contribution in [0.1, 0.15) is 34.6 Å². The highest BCUT2D eigenvalue weighted by Crippen LogP contribution is 2.29. The molecule has 3 nitrogen and oxygen atoms in total. The molecule has 0 aliphatic carbocycles. The van der Waals surface area contributed by atoms with Crippen LogP contribution >= 0.6 is 31.9 Å². The molecule has 5 heteroatoms. The molecule has 0 spiro atoms. The SMILES string of the molecule is CC(C)(CBr)CN1C(=O)c2ccc(Br)cc2C1=O. The van der Waals surface area contributed by atoms with Gasteiger partial charge < -0.3 is 0 Å². The standard InChI is InChI=1S/C13H13Br2NO2/c1-13(2,6-14)7-16-11(17)9-4-3-8(15)5-10(9)12(16)18/h3-5H,6-7H2,1-2H3. The van der Waals surface area contributed by atoms with Crippen LogP contribution in [0.4, 0.5) is 0 Å². The van der Waals surface area contributed by atoms with Crippen LogP contribution in [0.2, 0.25) is 0 Å². The van der Waals surface area contributed by atoms with Gasteiger partial charge in [-0.05, 0) is 23.6 Å². The van der Waals surface area contributed by atoms with E-state index in [0.29, 0.717) is 17.7 Å². The van der Waals surface area contributed by atoms with Crippen LogP contribution in [0.3, 0.4) is 0 Å². The van der Waals surface area contributed by atoms with Gasteiger partial charge in [0.05, 0.1) is 11.1 Å². The predicted octanol–water partition coefficient (Wildman–Crippen LogP) is 3.47. The second kappa shape index (κ2) is 4.78. The number of imide groups is 1. The van der Waals surface area contributed by atoms with Gasteiger partial charge in [0, 0.05) is 16.3 Å². The van der Waals surface area contributed by atoms with E-state index in [1.165, 1.54) is 4.90 Å². The van der Waals surface area contributed by atoms with Crippen LogP contribution in [0.15, 0.2) is 22.7 Å². The Morgan fingerprint density at radius 3 is 2.39 bits per heavy atom. The van der Waals surface area contributed by atoms with Crippen molar-refractivity contribution in [3.63, 3.8) is 0 Å². The summed E-state index contributed by atoms with van der Waals surface area (Å²) in [6.45, 7) is 4.45. The van der Waals surface area contributed by atoms with Gasteiger partial charge in [-0.2, -0.15) is 0 Å². The molecule has 0 fully saturated rings. The molecular weight excluding hydrogens is 362 g/mol. The Balaban J connectivity index is 2.34. The summed E-state index contributed by atoms with van der Waals surface area (Å²) in [6, 6.07) is 5.18. The minimum absolute atomic E-state index is 0.134. The largest absolute Gasteiger partial charge is 0.274 e. The van der Waals surface area contributed by atoms with E-state index in [2.05, 4.69) is 31.9 Å². The second-order valence-corrected chi connectivity index (χ2v) is 6.66. The molecule has 18 heavy (non-hydrogen) atoms. The molecule has 0 atom stereocenters. The maximum atomic E-state index is 12.2. The lowest BCUT2D eigenvalue weighted by Crippen LogP contribution is -2.39. The van der Waals surface area contributed by atoms with E-state index < -0.39 is 0 Å². The highest BCUT2D eigenvalue weighted by molar-refractivity contribution is 9.10. The molecule has 1 aromatic carbocycles. The number of alkyl halides is 1. The number of fused-ring (bicyclic) bond motifs is 1. The van der Waals surface area contributed by atoms with Crippen LogP contribution in [-0.4, -0.2) is 28.6 Å². The molecule has 0 unspecified atom stereocenters. The summed E-state index contributed by atoms with van der Waals surface area (Å²) in [5.74, 6) is -0.401. The van der Waals surface area contributed by atoms with Crippen molar-refractivity contribution in [2.24, 2.45) is 5.41 Å². The zero-order valence-electron chi connectivity index (χ0n) is 10.2. The number of carbonyl (C=O) groups is 2. The summed E-state index contributed by atoms with van der Waals surface area (Å²) in [7, 11) is 0. The van der Waals surface area contributed by atoms with Gasteiger partial charge in [0.1, 0.15) is 0 Å². The lowest BCUT2D eigenvalue weighted by atomic mass is 9.96. The van der Waals surface area contributed by atoms with E-state index in [9.17, 15) is 9.59 Å². The van der Waals surface area contributed by atoms with E-state index in [1.54, 1.807) is 18.2 Å². The maximum Gasteiger partial charge on any atom is 0.261 e. The molecule has 1 aliphatic heterocycles. The number of rotatable bonds is 3. The fourth-order valence-corrected chi connectivity index (χ4v) is 2.42. The topological polar surface area (TPSA) is 37.4 Å². The number of carbonyl (C=O) groups excluding carboxylic acids is 2. The van der Waals surface area contributed by atoms with E-state index in [-0.39, 0.29) is 17.2 Å². The zero-order chi connectivity index (χ0) is 13.5. The third kappa shape index (κ3) is 2.38. The number of nitrogens with zero attached hydrogens (tertiary/aromatic N) is 1. The van der Waals surface area contributed by atoms with Crippen molar-refractivity contribution in [1.82, 2.24) is 4.90 Å². The van der Waals surface area contributed by atoms with Crippen LogP contribution in [0.5, 0.6) is 0 Å². The number of halogens is 2. The second-order valence-electron chi connectivity index (χ2n) is 5.18. The van der Waals surface area contributed by atoms with E-state index in [1.807, 2.05) is 13.8 Å². The van der Waals surface area contributed by atoms with Crippen molar-refractivity contribution < 1.29 is 9.59 Å². The maximum absolute atomic E-state index is 12.2. The molecule has 0 bridgehead atoms. The molecule has 2 amide bonds. The summed E-state index contributed by atoms with van der Waals surface area (Å²) >= 11 is 6.73. The normalized spacial score (nSPS) is 15.2. The fraction of sp³-hybridized carbons (Fsp3) is 0.385. The highest BCUT2D eigenvalue weighted by Gasteiger charge is 2.38. The van der Waals surface area contributed by atoms with Crippen LogP contribution in [-0.2, 0) is 0 Å². The number of amides is 2. The average Bonchev–Trinajstić information content (AvgIpc) is 2.54. The van der Waals surface area contributed by atoms with Crippen LogP contribution in [0, 0.1) is 5.41 Å². The predicted molar refractivity (Wildman–Crippen MR) is 77.1 cm³/mol. The van der Waals surface area contributed by atoms with Crippen LogP contribution in [0.25, 0.3) is 0 Å². The van der Waals surface area contributed by atoms with Gasteiger partial charge in [-0.3, -0.25) is 14.5 Å². The van der Waals surface area contributed by atoms with Crippen molar-refractivity contribution in [3.8, 4) is 0 Å². The third-order valence-corrected chi connectivity index (χ3v) is 4.89. The molecule has 0 N–H and O–H groups in total. The first-order valence-electron chi connectivity index (χ1n) is 5.57. The van der Waals surface area contributed by atoms with Gasteiger partial charge in [-0.15, -0.1) is 0 Å². The Kier molecular flexibility index (Phi) is 3.65. The molecule has 0 saturated heterocycles. The first-order valence-corrected chi connectivity index (χ1v) is 7.49. The summed E-state index contributed by atoms with van der Waals surface area (Å²) in [5, 5.41) is 0.733. The Hall–Kier alpha value is -0.680. The van der Waals surface area contributed by atoms with E-state index in [0.717, 1.165) is 9.80 Å². The Bertz CT molecular complexity index is 526. The number of hydrogen-bond donors (Lipinski definition) is 0. The minimum atomic E-state index is -0.203. The zero-order valence-corrected chi connectivity index (χ0v) is 13.3.